The molecular formula is C10H17N3OS2. The maximum absolute atomic E-state index is 9.58. The highest BCUT2D eigenvalue weighted by Gasteiger charge is 2.29. The molecule has 16 heavy (non-hydrogen) atoms. The van der Waals surface area contributed by atoms with E-state index in [0.29, 0.717) is 11.7 Å². The Kier molecular flexibility index (Phi) is 3.61. The molecule has 6 heteroatoms. The molecule has 0 amide bonds. The van der Waals surface area contributed by atoms with Crippen LogP contribution in [0.4, 0.5) is 10.8 Å². The first-order chi connectivity index (χ1) is 7.63. The zero-order chi connectivity index (χ0) is 11.7. The highest BCUT2D eigenvalue weighted by molar-refractivity contribution is 7.99. The van der Waals surface area contributed by atoms with Gasteiger partial charge in [0.05, 0.1) is 11.0 Å². The van der Waals surface area contributed by atoms with E-state index in [4.69, 9.17) is 5.73 Å². The largest absolute Gasteiger partial charge is 0.393 e. The van der Waals surface area contributed by atoms with Gasteiger partial charge in [0.15, 0.2) is 5.82 Å². The summed E-state index contributed by atoms with van der Waals surface area (Å²) in [5.74, 6) is 1.01. The number of aromatic nitrogens is 1. The minimum absolute atomic E-state index is 0.229. The van der Waals surface area contributed by atoms with Crippen LogP contribution in [0.3, 0.4) is 0 Å². The van der Waals surface area contributed by atoms with Crippen molar-refractivity contribution in [2.45, 2.75) is 24.3 Å². The Morgan fingerprint density at radius 1 is 1.69 bits per heavy atom. The summed E-state index contributed by atoms with van der Waals surface area (Å²) in [6.45, 7) is 3.77. The minimum atomic E-state index is -0.229. The SMILES string of the molecule is CSc1c(N)nsc1N1CCC(C(C)O)C1. The highest BCUT2D eigenvalue weighted by Crippen LogP contribution is 2.39. The number of anilines is 2. The number of nitrogens with two attached hydrogens (primary N) is 1. The van der Waals surface area contributed by atoms with Crippen molar-refractivity contribution in [3.63, 3.8) is 0 Å². The van der Waals surface area contributed by atoms with E-state index in [1.165, 1.54) is 11.5 Å². The third kappa shape index (κ3) is 2.14. The monoisotopic (exact) mass is 259 g/mol. The average molecular weight is 259 g/mol. The lowest BCUT2D eigenvalue weighted by Crippen LogP contribution is -2.23. The molecule has 90 valence electrons. The molecule has 1 saturated heterocycles. The Balaban J connectivity index is 2.14. The summed E-state index contributed by atoms with van der Waals surface area (Å²) in [5.41, 5.74) is 5.82. The van der Waals surface area contributed by atoms with Crippen molar-refractivity contribution in [1.29, 1.82) is 0 Å². The highest BCUT2D eigenvalue weighted by atomic mass is 32.2. The van der Waals surface area contributed by atoms with Crippen molar-refractivity contribution in [3.8, 4) is 0 Å². The second-order valence-corrected chi connectivity index (χ2v) is 5.71. The van der Waals surface area contributed by atoms with Gasteiger partial charge in [0.2, 0.25) is 0 Å². The van der Waals surface area contributed by atoms with E-state index >= 15 is 0 Å². The topological polar surface area (TPSA) is 62.4 Å². The molecule has 0 bridgehead atoms. The van der Waals surface area contributed by atoms with Gasteiger partial charge in [-0.15, -0.1) is 11.8 Å². The van der Waals surface area contributed by atoms with Gasteiger partial charge in [-0.1, -0.05) is 0 Å². The Hall–Kier alpha value is -0.460. The standard InChI is InChI=1S/C10H17N3OS2/c1-6(14)7-3-4-13(5-7)10-8(15-2)9(11)12-16-10/h6-7,14H,3-5H2,1-2H3,(H2,11,12). The van der Waals surface area contributed by atoms with Gasteiger partial charge in [0.25, 0.3) is 0 Å². The van der Waals surface area contributed by atoms with Crippen LogP contribution in [-0.2, 0) is 0 Å². The average Bonchev–Trinajstić information content (AvgIpc) is 2.83. The molecule has 3 N–H and O–H groups in total. The van der Waals surface area contributed by atoms with E-state index in [1.807, 2.05) is 13.2 Å². The van der Waals surface area contributed by atoms with Crippen LogP contribution in [0.5, 0.6) is 0 Å². The molecule has 0 radical (unpaired) electrons. The number of nitrogens with zero attached hydrogens (tertiary/aromatic N) is 2. The molecule has 2 unspecified atom stereocenters. The van der Waals surface area contributed by atoms with Crippen LogP contribution in [0.25, 0.3) is 0 Å². The molecule has 1 aliphatic heterocycles. The maximum Gasteiger partial charge on any atom is 0.153 e. The summed E-state index contributed by atoms with van der Waals surface area (Å²) >= 11 is 3.10. The molecule has 4 nitrogen and oxygen atoms in total. The summed E-state index contributed by atoms with van der Waals surface area (Å²) in [4.78, 5) is 3.37. The first-order valence-corrected chi connectivity index (χ1v) is 7.35. The van der Waals surface area contributed by atoms with Gasteiger partial charge in [-0.25, -0.2) is 0 Å². The predicted molar refractivity (Wildman–Crippen MR) is 70.3 cm³/mol. The third-order valence-corrected chi connectivity index (χ3v) is 4.92. The number of nitrogen functional groups attached to an aromatic ring is 1. The van der Waals surface area contributed by atoms with E-state index in [2.05, 4.69) is 9.27 Å². The molecule has 1 aliphatic rings. The van der Waals surface area contributed by atoms with Crippen LogP contribution in [0.1, 0.15) is 13.3 Å². The summed E-state index contributed by atoms with van der Waals surface area (Å²) < 4.78 is 4.20. The molecule has 0 aromatic carbocycles. The molecule has 1 fully saturated rings. The van der Waals surface area contributed by atoms with E-state index < -0.39 is 0 Å². The molecule has 2 heterocycles. The molecule has 2 rings (SSSR count). The van der Waals surface area contributed by atoms with Gasteiger partial charge in [-0.05, 0) is 31.1 Å². The quantitative estimate of drug-likeness (QED) is 0.808. The van der Waals surface area contributed by atoms with Crippen molar-refractivity contribution in [2.75, 3.05) is 30.0 Å². The first-order valence-electron chi connectivity index (χ1n) is 5.35. The molecular weight excluding hydrogens is 242 g/mol. The Bertz CT molecular complexity index is 367. The second kappa shape index (κ2) is 4.81. The minimum Gasteiger partial charge on any atom is -0.393 e. The van der Waals surface area contributed by atoms with Gasteiger partial charge < -0.3 is 15.7 Å². The predicted octanol–water partition coefficient (Wildman–Crippen LogP) is 1.65. The van der Waals surface area contributed by atoms with Crippen LogP contribution in [0, 0.1) is 5.92 Å². The van der Waals surface area contributed by atoms with Crippen molar-refractivity contribution >= 4 is 34.1 Å². The first kappa shape index (κ1) is 12.0. The molecule has 1 aromatic rings. The van der Waals surface area contributed by atoms with Crippen LogP contribution in [0.15, 0.2) is 4.90 Å². The van der Waals surface area contributed by atoms with Gasteiger partial charge in [-0.3, -0.25) is 0 Å². The number of rotatable bonds is 3. The van der Waals surface area contributed by atoms with Crippen LogP contribution < -0.4 is 10.6 Å². The smallest absolute Gasteiger partial charge is 0.153 e. The second-order valence-electron chi connectivity index (χ2n) is 4.14. The number of aliphatic hydroxyl groups is 1. The van der Waals surface area contributed by atoms with E-state index in [1.54, 1.807) is 11.8 Å². The summed E-state index contributed by atoms with van der Waals surface area (Å²) in [6.07, 6.45) is 2.84. The van der Waals surface area contributed by atoms with Crippen LogP contribution in [0.2, 0.25) is 0 Å². The molecule has 0 aliphatic carbocycles. The number of hydrogen-bond donors (Lipinski definition) is 2. The molecule has 0 spiro atoms. The Morgan fingerprint density at radius 2 is 2.44 bits per heavy atom. The van der Waals surface area contributed by atoms with E-state index in [-0.39, 0.29) is 6.10 Å². The Morgan fingerprint density at radius 3 is 3.00 bits per heavy atom. The molecule has 2 atom stereocenters. The van der Waals surface area contributed by atoms with Gasteiger partial charge in [-0.2, -0.15) is 4.37 Å². The normalized spacial score (nSPS) is 22.7. The molecule has 0 saturated carbocycles. The fraction of sp³-hybridized carbons (Fsp3) is 0.700. The molecule has 1 aromatic heterocycles. The van der Waals surface area contributed by atoms with Crippen LogP contribution >= 0.6 is 23.3 Å². The lowest BCUT2D eigenvalue weighted by Gasteiger charge is -2.18. The summed E-state index contributed by atoms with van der Waals surface area (Å²) in [7, 11) is 0. The number of hydrogen-bond acceptors (Lipinski definition) is 6. The zero-order valence-corrected chi connectivity index (χ0v) is 11.1. The Labute approximate surface area is 104 Å². The van der Waals surface area contributed by atoms with Crippen LogP contribution in [-0.4, -0.2) is 34.9 Å². The van der Waals surface area contributed by atoms with Gasteiger partial charge in [0, 0.05) is 19.0 Å². The zero-order valence-electron chi connectivity index (χ0n) is 9.51. The van der Waals surface area contributed by atoms with Gasteiger partial charge in [0.1, 0.15) is 5.00 Å². The fourth-order valence-electron chi connectivity index (χ4n) is 2.04. The maximum atomic E-state index is 9.58. The van der Waals surface area contributed by atoms with E-state index in [9.17, 15) is 5.11 Å². The van der Waals surface area contributed by atoms with Gasteiger partial charge >= 0.3 is 0 Å². The fourth-order valence-corrected chi connectivity index (χ4v) is 3.77. The lowest BCUT2D eigenvalue weighted by molar-refractivity contribution is 0.136. The van der Waals surface area contributed by atoms with E-state index in [0.717, 1.165) is 29.4 Å². The van der Waals surface area contributed by atoms with Crippen molar-refractivity contribution in [1.82, 2.24) is 4.37 Å². The number of thioether (sulfide) groups is 1. The summed E-state index contributed by atoms with van der Waals surface area (Å²) in [5, 5.41) is 10.7. The summed E-state index contributed by atoms with van der Waals surface area (Å²) in [6, 6.07) is 0. The van der Waals surface area contributed by atoms with Crippen molar-refractivity contribution in [3.05, 3.63) is 0 Å². The van der Waals surface area contributed by atoms with Crippen molar-refractivity contribution < 1.29 is 5.11 Å². The number of aliphatic hydroxyl groups excluding tert-OH is 1. The lowest BCUT2D eigenvalue weighted by atomic mass is 10.0. The third-order valence-electron chi connectivity index (χ3n) is 3.06. The van der Waals surface area contributed by atoms with Crippen molar-refractivity contribution in [2.24, 2.45) is 5.92 Å².